The number of rotatable bonds is 2. The molecule has 0 aromatic heterocycles. The van der Waals surface area contributed by atoms with E-state index >= 15 is 0 Å². The molecule has 0 bridgehead atoms. The van der Waals surface area contributed by atoms with Gasteiger partial charge >= 0.3 is 0 Å². The smallest absolute Gasteiger partial charge is 0.257 e. The third kappa shape index (κ3) is 1.04. The van der Waals surface area contributed by atoms with E-state index in [1.54, 1.807) is 0 Å². The Hall–Kier alpha value is -1.35. The lowest BCUT2D eigenvalue weighted by Gasteiger charge is -2.07. The summed E-state index contributed by atoms with van der Waals surface area (Å²) in [4.78, 5) is 11.2. The van der Waals surface area contributed by atoms with E-state index in [1.165, 1.54) is 0 Å². The highest BCUT2D eigenvalue weighted by Crippen LogP contribution is 2.45. The minimum atomic E-state index is -0.860. The van der Waals surface area contributed by atoms with E-state index in [-0.39, 0.29) is 6.10 Å². The monoisotopic (exact) mass is 177 g/mol. The van der Waals surface area contributed by atoms with Gasteiger partial charge in [0.05, 0.1) is 6.10 Å². The van der Waals surface area contributed by atoms with Crippen LogP contribution in [0.25, 0.3) is 0 Å². The van der Waals surface area contributed by atoms with Gasteiger partial charge in [-0.3, -0.25) is 4.79 Å². The molecular weight excluding hydrogens is 166 g/mol. The van der Waals surface area contributed by atoms with Crippen LogP contribution in [-0.2, 0) is 15.1 Å². The summed E-state index contributed by atoms with van der Waals surface area (Å²) >= 11 is 0. The van der Waals surface area contributed by atoms with Crippen molar-refractivity contribution in [2.45, 2.75) is 18.6 Å². The molecule has 1 aliphatic heterocycles. The molecule has 2 atom stereocenters. The van der Waals surface area contributed by atoms with E-state index in [2.05, 4.69) is 0 Å². The maximum atomic E-state index is 11.2. The predicted octanol–water partition coefficient (Wildman–Crippen LogP) is 0.786. The van der Waals surface area contributed by atoms with E-state index in [4.69, 9.17) is 10.5 Å². The van der Waals surface area contributed by atoms with E-state index in [1.807, 2.05) is 37.3 Å². The number of carbonyl (C=O) groups is 1. The summed E-state index contributed by atoms with van der Waals surface area (Å²) in [5.41, 5.74) is 5.27. The molecule has 0 saturated carbocycles. The molecule has 2 rings (SSSR count). The van der Waals surface area contributed by atoms with Gasteiger partial charge in [0, 0.05) is 0 Å². The van der Waals surface area contributed by atoms with Crippen molar-refractivity contribution in [1.29, 1.82) is 0 Å². The first-order chi connectivity index (χ1) is 6.18. The highest BCUT2D eigenvalue weighted by molar-refractivity contribution is 5.88. The number of hydrogen-bond donors (Lipinski definition) is 1. The summed E-state index contributed by atoms with van der Waals surface area (Å²) in [6, 6.07) is 9.34. The number of ether oxygens (including phenoxy) is 1. The predicted molar refractivity (Wildman–Crippen MR) is 47.9 cm³/mol. The summed E-state index contributed by atoms with van der Waals surface area (Å²) in [5, 5.41) is 0. The van der Waals surface area contributed by atoms with Crippen LogP contribution in [0.2, 0.25) is 0 Å². The number of amides is 1. The molecule has 0 unspecified atom stereocenters. The van der Waals surface area contributed by atoms with Gasteiger partial charge in [0.1, 0.15) is 0 Å². The second-order valence-corrected chi connectivity index (χ2v) is 3.23. The molecule has 68 valence electrons. The molecule has 1 aromatic rings. The van der Waals surface area contributed by atoms with Crippen molar-refractivity contribution in [3.05, 3.63) is 35.9 Å². The number of nitrogens with two attached hydrogens (primary N) is 1. The first-order valence-corrected chi connectivity index (χ1v) is 4.21. The van der Waals surface area contributed by atoms with Crippen LogP contribution in [0.5, 0.6) is 0 Å². The molecule has 1 amide bonds. The maximum Gasteiger partial charge on any atom is 0.257 e. The average molecular weight is 177 g/mol. The number of carbonyl (C=O) groups excluding carboxylic acids is 1. The third-order valence-electron chi connectivity index (χ3n) is 2.45. The summed E-state index contributed by atoms with van der Waals surface area (Å²) in [7, 11) is 0. The van der Waals surface area contributed by atoms with Crippen LogP contribution in [0.15, 0.2) is 30.3 Å². The molecule has 3 nitrogen and oxygen atoms in total. The fourth-order valence-electron chi connectivity index (χ4n) is 1.63. The molecule has 1 heterocycles. The molecule has 1 aliphatic rings. The number of epoxide rings is 1. The zero-order valence-corrected chi connectivity index (χ0v) is 7.36. The normalized spacial score (nSPS) is 31.3. The SMILES string of the molecule is C[C@H]1O[C@]1(C(N)=O)c1ccccc1. The van der Waals surface area contributed by atoms with Crippen molar-refractivity contribution in [3.63, 3.8) is 0 Å². The summed E-state index contributed by atoms with van der Waals surface area (Å²) in [6.07, 6.45) is -0.104. The first kappa shape index (κ1) is 8.26. The fraction of sp³-hybridized carbons (Fsp3) is 0.300. The number of primary amides is 1. The largest absolute Gasteiger partial charge is 0.367 e. The molecule has 0 radical (unpaired) electrons. The van der Waals surface area contributed by atoms with Crippen LogP contribution in [0.4, 0.5) is 0 Å². The van der Waals surface area contributed by atoms with Crippen molar-refractivity contribution in [1.82, 2.24) is 0 Å². The van der Waals surface area contributed by atoms with Gasteiger partial charge in [-0.2, -0.15) is 0 Å². The van der Waals surface area contributed by atoms with Gasteiger partial charge in [-0.15, -0.1) is 0 Å². The third-order valence-corrected chi connectivity index (χ3v) is 2.45. The Morgan fingerprint density at radius 2 is 2.00 bits per heavy atom. The van der Waals surface area contributed by atoms with Crippen LogP contribution < -0.4 is 5.73 Å². The zero-order chi connectivity index (χ0) is 9.47. The summed E-state index contributed by atoms with van der Waals surface area (Å²) in [6.45, 7) is 1.84. The standard InChI is InChI=1S/C10H11NO2/c1-7-10(13-7,9(11)12)8-5-3-2-4-6-8/h2-7H,1H3,(H2,11,12)/t7-,10+/m1/s1. The van der Waals surface area contributed by atoms with E-state index in [9.17, 15) is 4.79 Å². The van der Waals surface area contributed by atoms with Crippen LogP contribution in [-0.4, -0.2) is 12.0 Å². The Balaban J connectivity index is 2.40. The van der Waals surface area contributed by atoms with Crippen molar-refractivity contribution >= 4 is 5.91 Å². The second kappa shape index (κ2) is 2.57. The average Bonchev–Trinajstić information content (AvgIpc) is 2.80. The fourth-order valence-corrected chi connectivity index (χ4v) is 1.63. The lowest BCUT2D eigenvalue weighted by Crippen LogP contribution is -2.31. The summed E-state index contributed by atoms with van der Waals surface area (Å²) < 4.78 is 5.28. The van der Waals surface area contributed by atoms with Crippen molar-refractivity contribution in [2.75, 3.05) is 0 Å². The highest BCUT2D eigenvalue weighted by Gasteiger charge is 2.60. The zero-order valence-electron chi connectivity index (χ0n) is 7.36. The van der Waals surface area contributed by atoms with Gasteiger partial charge in [-0.25, -0.2) is 0 Å². The van der Waals surface area contributed by atoms with Crippen LogP contribution in [0.3, 0.4) is 0 Å². The van der Waals surface area contributed by atoms with Gasteiger partial charge in [-0.05, 0) is 12.5 Å². The lowest BCUT2D eigenvalue weighted by molar-refractivity contribution is -0.123. The van der Waals surface area contributed by atoms with Crippen LogP contribution >= 0.6 is 0 Å². The molecule has 0 spiro atoms. The van der Waals surface area contributed by atoms with Crippen LogP contribution in [0, 0.1) is 0 Å². The lowest BCUT2D eigenvalue weighted by atomic mass is 9.95. The minimum Gasteiger partial charge on any atom is -0.367 e. The highest BCUT2D eigenvalue weighted by atomic mass is 16.6. The second-order valence-electron chi connectivity index (χ2n) is 3.23. The van der Waals surface area contributed by atoms with Gasteiger partial charge in [-0.1, -0.05) is 30.3 Å². The van der Waals surface area contributed by atoms with E-state index in [0.29, 0.717) is 0 Å². The van der Waals surface area contributed by atoms with Gasteiger partial charge in [0.25, 0.3) is 5.91 Å². The number of hydrogen-bond acceptors (Lipinski definition) is 2. The Morgan fingerprint density at radius 3 is 2.38 bits per heavy atom. The first-order valence-electron chi connectivity index (χ1n) is 4.21. The Labute approximate surface area is 76.5 Å². The molecular formula is C10H11NO2. The van der Waals surface area contributed by atoms with E-state index in [0.717, 1.165) is 5.56 Å². The van der Waals surface area contributed by atoms with Gasteiger partial charge in [0.2, 0.25) is 0 Å². The Morgan fingerprint density at radius 1 is 1.46 bits per heavy atom. The molecule has 1 fully saturated rings. The maximum absolute atomic E-state index is 11.2. The molecule has 1 aromatic carbocycles. The topological polar surface area (TPSA) is 55.6 Å². The molecule has 13 heavy (non-hydrogen) atoms. The van der Waals surface area contributed by atoms with Crippen molar-refractivity contribution in [2.24, 2.45) is 5.73 Å². The molecule has 2 N–H and O–H groups in total. The summed E-state index contributed by atoms with van der Waals surface area (Å²) in [5.74, 6) is -0.411. The van der Waals surface area contributed by atoms with Crippen molar-refractivity contribution < 1.29 is 9.53 Å². The quantitative estimate of drug-likeness (QED) is 0.679. The molecule has 0 aliphatic carbocycles. The van der Waals surface area contributed by atoms with Gasteiger partial charge in [0.15, 0.2) is 5.60 Å². The van der Waals surface area contributed by atoms with Gasteiger partial charge < -0.3 is 10.5 Å². The minimum absolute atomic E-state index is 0.104. The van der Waals surface area contributed by atoms with Crippen LogP contribution in [0.1, 0.15) is 12.5 Å². The van der Waals surface area contributed by atoms with E-state index < -0.39 is 11.5 Å². The molecule has 3 heteroatoms. The van der Waals surface area contributed by atoms with Crippen molar-refractivity contribution in [3.8, 4) is 0 Å². The Bertz CT molecular complexity index is 336. The molecule has 1 saturated heterocycles. The number of benzene rings is 1. The Kier molecular flexibility index (Phi) is 1.63.